The van der Waals surface area contributed by atoms with Crippen LogP contribution >= 0.6 is 11.8 Å². The van der Waals surface area contributed by atoms with Crippen LogP contribution in [-0.2, 0) is 4.79 Å². The number of thioether (sulfide) groups is 1. The van der Waals surface area contributed by atoms with Gasteiger partial charge in [-0.3, -0.25) is 4.79 Å². The summed E-state index contributed by atoms with van der Waals surface area (Å²) in [7, 11) is 0. The quantitative estimate of drug-likeness (QED) is 0.653. The summed E-state index contributed by atoms with van der Waals surface area (Å²) < 4.78 is 64.6. The van der Waals surface area contributed by atoms with E-state index < -0.39 is 30.9 Å². The van der Waals surface area contributed by atoms with Crippen molar-refractivity contribution >= 4 is 16.9 Å². The summed E-state index contributed by atoms with van der Waals surface area (Å²) in [5.74, 6) is -9.26. The van der Waals surface area contributed by atoms with E-state index in [-0.39, 0.29) is 17.3 Å². The molecule has 0 amide bonds. The molecule has 1 unspecified atom stereocenters. The van der Waals surface area contributed by atoms with E-state index in [1.165, 1.54) is 0 Å². The average molecular weight is 278 g/mol. The van der Waals surface area contributed by atoms with Crippen LogP contribution in [0.3, 0.4) is 0 Å². The number of hydrogen-bond donors (Lipinski definition) is 0. The van der Waals surface area contributed by atoms with E-state index in [0.29, 0.717) is 11.8 Å². The molecule has 0 saturated carbocycles. The number of alkyl halides is 5. The Morgan fingerprint density at radius 2 is 1.76 bits per heavy atom. The number of carbonyl (C=O) groups is 1. The molecule has 0 bridgehead atoms. The molecule has 0 radical (unpaired) electrons. The molecule has 7 heteroatoms. The minimum absolute atomic E-state index is 0.198. The molecule has 0 aromatic carbocycles. The van der Waals surface area contributed by atoms with Crippen LogP contribution in [0.25, 0.3) is 0 Å². The Kier molecular flexibility index (Phi) is 6.43. The minimum atomic E-state index is -4.68. The molecule has 0 spiro atoms. The summed E-state index contributed by atoms with van der Waals surface area (Å²) in [6.07, 6.45) is -4.63. The van der Waals surface area contributed by atoms with Crippen molar-refractivity contribution in [1.82, 2.24) is 0 Å². The lowest BCUT2D eigenvalue weighted by Gasteiger charge is -2.28. The number of carbonyl (C=O) groups excluding carboxylic acids is 1. The standard InChI is InChI=1S/C10H15F5OS/c1-3-8(16)17-6-5-7(11)10(14,15)9(12,13)4-2/h7H,3-6H2,1-2H3. The zero-order valence-corrected chi connectivity index (χ0v) is 10.4. The van der Waals surface area contributed by atoms with Crippen LogP contribution in [0.1, 0.15) is 33.1 Å². The van der Waals surface area contributed by atoms with Crippen molar-refractivity contribution in [1.29, 1.82) is 0 Å². The van der Waals surface area contributed by atoms with Gasteiger partial charge in [0.15, 0.2) is 11.3 Å². The molecule has 0 fully saturated rings. The highest BCUT2D eigenvalue weighted by atomic mass is 32.2. The smallest absolute Gasteiger partial charge is 0.287 e. The minimum Gasteiger partial charge on any atom is -0.287 e. The van der Waals surface area contributed by atoms with Crippen LogP contribution in [0.5, 0.6) is 0 Å². The van der Waals surface area contributed by atoms with Crippen molar-refractivity contribution in [2.75, 3.05) is 5.75 Å². The Labute approximate surface area is 101 Å². The van der Waals surface area contributed by atoms with Gasteiger partial charge in [-0.1, -0.05) is 25.6 Å². The highest BCUT2D eigenvalue weighted by Gasteiger charge is 2.60. The molecule has 17 heavy (non-hydrogen) atoms. The van der Waals surface area contributed by atoms with E-state index in [2.05, 4.69) is 0 Å². The Bertz CT molecular complexity index is 257. The fraction of sp³-hybridized carbons (Fsp3) is 0.900. The van der Waals surface area contributed by atoms with Crippen molar-refractivity contribution in [2.45, 2.75) is 51.1 Å². The summed E-state index contributed by atoms with van der Waals surface area (Å²) in [6, 6.07) is 0. The maximum absolute atomic E-state index is 13.1. The zero-order chi connectivity index (χ0) is 13.7. The molecule has 0 saturated heterocycles. The van der Waals surface area contributed by atoms with Gasteiger partial charge in [0.05, 0.1) is 0 Å². The van der Waals surface area contributed by atoms with Gasteiger partial charge < -0.3 is 0 Å². The maximum atomic E-state index is 13.1. The van der Waals surface area contributed by atoms with Gasteiger partial charge in [0.2, 0.25) is 0 Å². The van der Waals surface area contributed by atoms with E-state index in [4.69, 9.17) is 0 Å². The Hall–Kier alpha value is -0.330. The third-order valence-corrected chi connectivity index (χ3v) is 3.30. The lowest BCUT2D eigenvalue weighted by Crippen LogP contribution is -2.47. The average Bonchev–Trinajstić information content (AvgIpc) is 2.28. The van der Waals surface area contributed by atoms with Crippen LogP contribution in [0.2, 0.25) is 0 Å². The third-order valence-electron chi connectivity index (χ3n) is 2.25. The first-order chi connectivity index (χ1) is 7.69. The van der Waals surface area contributed by atoms with Gasteiger partial charge in [-0.05, 0) is 6.42 Å². The first kappa shape index (κ1) is 16.7. The zero-order valence-electron chi connectivity index (χ0n) is 9.61. The van der Waals surface area contributed by atoms with Crippen LogP contribution in [0.4, 0.5) is 22.0 Å². The normalized spacial score (nSPS) is 14.8. The van der Waals surface area contributed by atoms with E-state index in [0.717, 1.165) is 6.92 Å². The lowest BCUT2D eigenvalue weighted by atomic mass is 10.0. The molecule has 1 nitrogen and oxygen atoms in total. The van der Waals surface area contributed by atoms with Gasteiger partial charge in [-0.15, -0.1) is 0 Å². The highest BCUT2D eigenvalue weighted by molar-refractivity contribution is 8.13. The molecule has 0 aliphatic carbocycles. The van der Waals surface area contributed by atoms with Gasteiger partial charge in [0, 0.05) is 18.6 Å². The molecule has 0 aliphatic rings. The number of rotatable bonds is 7. The van der Waals surface area contributed by atoms with Crippen molar-refractivity contribution in [2.24, 2.45) is 0 Å². The summed E-state index contributed by atoms with van der Waals surface area (Å²) in [4.78, 5) is 10.8. The molecule has 0 heterocycles. The fourth-order valence-electron chi connectivity index (χ4n) is 1.02. The van der Waals surface area contributed by atoms with Gasteiger partial charge in [0.25, 0.3) is 0 Å². The fourth-order valence-corrected chi connectivity index (χ4v) is 1.78. The topological polar surface area (TPSA) is 17.1 Å². The van der Waals surface area contributed by atoms with Crippen LogP contribution < -0.4 is 0 Å². The lowest BCUT2D eigenvalue weighted by molar-refractivity contribution is -0.239. The first-order valence-electron chi connectivity index (χ1n) is 5.24. The van der Waals surface area contributed by atoms with E-state index in [9.17, 15) is 26.7 Å². The van der Waals surface area contributed by atoms with E-state index in [1.54, 1.807) is 6.92 Å². The van der Waals surface area contributed by atoms with Crippen molar-refractivity contribution in [3.05, 3.63) is 0 Å². The first-order valence-corrected chi connectivity index (χ1v) is 6.22. The second kappa shape index (κ2) is 6.56. The van der Waals surface area contributed by atoms with E-state index in [1.807, 2.05) is 0 Å². The van der Waals surface area contributed by atoms with Gasteiger partial charge >= 0.3 is 11.8 Å². The molecule has 0 N–H and O–H groups in total. The Morgan fingerprint density at radius 1 is 1.24 bits per heavy atom. The van der Waals surface area contributed by atoms with Crippen molar-refractivity contribution in [3.63, 3.8) is 0 Å². The summed E-state index contributed by atoms with van der Waals surface area (Å²) in [5, 5.41) is -0.275. The van der Waals surface area contributed by atoms with Crippen molar-refractivity contribution < 1.29 is 26.7 Å². The highest BCUT2D eigenvalue weighted by Crippen LogP contribution is 2.41. The summed E-state index contributed by atoms with van der Waals surface area (Å²) in [6.45, 7) is 2.44. The Balaban J connectivity index is 4.30. The predicted molar refractivity (Wildman–Crippen MR) is 57.5 cm³/mol. The third kappa shape index (κ3) is 4.44. The molecule has 1 atom stereocenters. The second-order valence-corrected chi connectivity index (χ2v) is 4.66. The van der Waals surface area contributed by atoms with Gasteiger partial charge in [-0.2, -0.15) is 17.6 Å². The van der Waals surface area contributed by atoms with Crippen molar-refractivity contribution in [3.8, 4) is 0 Å². The van der Waals surface area contributed by atoms with Gasteiger partial charge in [-0.25, -0.2) is 4.39 Å². The molecule has 0 aromatic heterocycles. The molecule has 0 aromatic rings. The number of halogens is 5. The Morgan fingerprint density at radius 3 is 2.18 bits per heavy atom. The van der Waals surface area contributed by atoms with Crippen LogP contribution in [-0.4, -0.2) is 28.9 Å². The van der Waals surface area contributed by atoms with Gasteiger partial charge in [0.1, 0.15) is 0 Å². The van der Waals surface area contributed by atoms with Crippen LogP contribution in [0, 0.1) is 0 Å². The number of hydrogen-bond acceptors (Lipinski definition) is 2. The maximum Gasteiger partial charge on any atom is 0.340 e. The molecular weight excluding hydrogens is 263 g/mol. The molecule has 0 rings (SSSR count). The predicted octanol–water partition coefficient (Wildman–Crippen LogP) is 4.07. The van der Waals surface area contributed by atoms with E-state index >= 15 is 0 Å². The second-order valence-electron chi connectivity index (χ2n) is 3.51. The molecular formula is C10H15F5OS. The summed E-state index contributed by atoms with van der Waals surface area (Å²) >= 11 is 0.682. The molecule has 0 aliphatic heterocycles. The molecule has 102 valence electrons. The monoisotopic (exact) mass is 278 g/mol. The largest absolute Gasteiger partial charge is 0.340 e. The summed E-state index contributed by atoms with van der Waals surface area (Å²) in [5.41, 5.74) is 0. The SMILES string of the molecule is CCC(=O)SCCC(F)C(F)(F)C(F)(F)CC. The van der Waals surface area contributed by atoms with Crippen LogP contribution in [0.15, 0.2) is 0 Å².